The van der Waals surface area contributed by atoms with Crippen molar-refractivity contribution in [2.75, 3.05) is 19.7 Å². The number of amides is 1. The van der Waals surface area contributed by atoms with Crippen molar-refractivity contribution >= 4 is 11.9 Å². The van der Waals surface area contributed by atoms with E-state index in [4.69, 9.17) is 9.15 Å². The van der Waals surface area contributed by atoms with Gasteiger partial charge in [-0.15, -0.1) is 0 Å². The van der Waals surface area contributed by atoms with E-state index in [-0.39, 0.29) is 18.2 Å². The second-order valence-electron chi connectivity index (χ2n) is 3.77. The molecular formula is C12H18N2O4. The number of aromatic nitrogens is 1. The van der Waals surface area contributed by atoms with Gasteiger partial charge in [-0.3, -0.25) is 9.59 Å². The molecule has 0 N–H and O–H groups in total. The van der Waals surface area contributed by atoms with Crippen molar-refractivity contribution in [1.29, 1.82) is 0 Å². The summed E-state index contributed by atoms with van der Waals surface area (Å²) in [5.74, 6) is -0.160. The smallest absolute Gasteiger partial charge is 0.325 e. The molecule has 1 heterocycles. The molecule has 0 unspecified atom stereocenters. The van der Waals surface area contributed by atoms with E-state index in [0.29, 0.717) is 24.7 Å². The zero-order chi connectivity index (χ0) is 13.7. The highest BCUT2D eigenvalue weighted by atomic mass is 16.5. The zero-order valence-electron chi connectivity index (χ0n) is 11.1. The number of carbonyl (C=O) groups is 2. The molecule has 0 aliphatic heterocycles. The van der Waals surface area contributed by atoms with E-state index in [0.717, 1.165) is 0 Å². The highest BCUT2D eigenvalue weighted by Gasteiger charge is 2.23. The summed E-state index contributed by atoms with van der Waals surface area (Å²) in [6, 6.07) is 0. The monoisotopic (exact) mass is 254 g/mol. The Hall–Kier alpha value is -1.85. The Morgan fingerprint density at radius 3 is 2.44 bits per heavy atom. The standard InChI is InChI=1S/C12H18N2O4/c1-5-14(7-10(15)17-6-2)12(16)11-8(3)13-9(4)18-11/h5-7H2,1-4H3. The lowest BCUT2D eigenvalue weighted by Crippen LogP contribution is -2.36. The largest absolute Gasteiger partial charge is 0.465 e. The molecule has 0 saturated carbocycles. The van der Waals surface area contributed by atoms with Crippen LogP contribution in [0.25, 0.3) is 0 Å². The number of hydrogen-bond acceptors (Lipinski definition) is 5. The third kappa shape index (κ3) is 3.32. The van der Waals surface area contributed by atoms with Crippen LogP contribution < -0.4 is 0 Å². The first-order valence-corrected chi connectivity index (χ1v) is 5.88. The van der Waals surface area contributed by atoms with Crippen molar-refractivity contribution in [3.63, 3.8) is 0 Å². The minimum atomic E-state index is -0.429. The van der Waals surface area contributed by atoms with Crippen LogP contribution in [0.2, 0.25) is 0 Å². The summed E-state index contributed by atoms with van der Waals surface area (Å²) < 4.78 is 10.1. The molecule has 1 aromatic rings. The van der Waals surface area contributed by atoms with Gasteiger partial charge in [0.05, 0.1) is 12.3 Å². The van der Waals surface area contributed by atoms with Gasteiger partial charge in [-0.2, -0.15) is 0 Å². The Labute approximate surface area is 106 Å². The fraction of sp³-hybridized carbons (Fsp3) is 0.583. The quantitative estimate of drug-likeness (QED) is 0.741. The second-order valence-corrected chi connectivity index (χ2v) is 3.77. The third-order valence-corrected chi connectivity index (χ3v) is 2.39. The fourth-order valence-corrected chi connectivity index (χ4v) is 1.56. The molecule has 18 heavy (non-hydrogen) atoms. The summed E-state index contributed by atoms with van der Waals surface area (Å²) in [4.78, 5) is 28.9. The van der Waals surface area contributed by atoms with Crippen LogP contribution in [0.3, 0.4) is 0 Å². The fourth-order valence-electron chi connectivity index (χ4n) is 1.56. The molecular weight excluding hydrogens is 236 g/mol. The van der Waals surface area contributed by atoms with E-state index in [2.05, 4.69) is 4.98 Å². The minimum absolute atomic E-state index is 0.0810. The zero-order valence-corrected chi connectivity index (χ0v) is 11.1. The normalized spacial score (nSPS) is 10.2. The summed E-state index contributed by atoms with van der Waals surface area (Å²) >= 11 is 0. The second kappa shape index (κ2) is 6.18. The van der Waals surface area contributed by atoms with Crippen LogP contribution in [0.1, 0.15) is 36.0 Å². The van der Waals surface area contributed by atoms with Gasteiger partial charge < -0.3 is 14.1 Å². The molecule has 0 bridgehead atoms. The molecule has 0 atom stereocenters. The van der Waals surface area contributed by atoms with Gasteiger partial charge in [0, 0.05) is 13.5 Å². The van der Waals surface area contributed by atoms with Crippen molar-refractivity contribution in [1.82, 2.24) is 9.88 Å². The maximum Gasteiger partial charge on any atom is 0.325 e. The topological polar surface area (TPSA) is 72.6 Å². The lowest BCUT2D eigenvalue weighted by molar-refractivity contribution is -0.143. The molecule has 0 saturated heterocycles. The van der Waals surface area contributed by atoms with Gasteiger partial charge in [0.25, 0.3) is 5.91 Å². The number of oxazole rings is 1. The molecule has 1 aromatic heterocycles. The molecule has 6 nitrogen and oxygen atoms in total. The number of esters is 1. The first-order valence-electron chi connectivity index (χ1n) is 5.88. The van der Waals surface area contributed by atoms with Crippen LogP contribution in [-0.4, -0.2) is 41.5 Å². The summed E-state index contributed by atoms with van der Waals surface area (Å²) in [5, 5.41) is 0. The van der Waals surface area contributed by atoms with Crippen molar-refractivity contribution in [2.24, 2.45) is 0 Å². The van der Waals surface area contributed by atoms with Crippen molar-refractivity contribution in [3.05, 3.63) is 17.3 Å². The van der Waals surface area contributed by atoms with E-state index < -0.39 is 5.97 Å². The van der Waals surface area contributed by atoms with E-state index in [1.54, 1.807) is 27.7 Å². The lowest BCUT2D eigenvalue weighted by atomic mass is 10.3. The number of aryl methyl sites for hydroxylation is 2. The van der Waals surface area contributed by atoms with Gasteiger partial charge in [-0.1, -0.05) is 0 Å². The van der Waals surface area contributed by atoms with E-state index in [9.17, 15) is 9.59 Å². The number of nitrogens with zero attached hydrogens (tertiary/aromatic N) is 2. The van der Waals surface area contributed by atoms with Gasteiger partial charge in [0.15, 0.2) is 5.89 Å². The number of rotatable bonds is 5. The Kier molecular flexibility index (Phi) is 4.88. The summed E-state index contributed by atoms with van der Waals surface area (Å²) in [7, 11) is 0. The van der Waals surface area contributed by atoms with Crippen LogP contribution in [0, 0.1) is 13.8 Å². The molecule has 0 aliphatic carbocycles. The van der Waals surface area contributed by atoms with Gasteiger partial charge in [-0.25, -0.2) is 4.98 Å². The highest BCUT2D eigenvalue weighted by Crippen LogP contribution is 2.12. The van der Waals surface area contributed by atoms with E-state index in [1.807, 2.05) is 0 Å². The molecule has 0 spiro atoms. The van der Waals surface area contributed by atoms with Crippen LogP contribution in [0.15, 0.2) is 4.42 Å². The summed E-state index contributed by atoms with van der Waals surface area (Å²) in [5.41, 5.74) is 0.528. The van der Waals surface area contributed by atoms with E-state index in [1.165, 1.54) is 4.90 Å². The lowest BCUT2D eigenvalue weighted by Gasteiger charge is -2.18. The Bertz CT molecular complexity index is 439. The van der Waals surface area contributed by atoms with Crippen molar-refractivity contribution in [2.45, 2.75) is 27.7 Å². The number of ether oxygens (including phenoxy) is 1. The van der Waals surface area contributed by atoms with Crippen LogP contribution in [0.4, 0.5) is 0 Å². The molecule has 0 fully saturated rings. The predicted molar refractivity (Wildman–Crippen MR) is 64.2 cm³/mol. The van der Waals surface area contributed by atoms with Crippen LogP contribution >= 0.6 is 0 Å². The third-order valence-electron chi connectivity index (χ3n) is 2.39. The minimum Gasteiger partial charge on any atom is -0.465 e. The van der Waals surface area contributed by atoms with Crippen molar-refractivity contribution in [3.8, 4) is 0 Å². The molecule has 0 aliphatic rings. The van der Waals surface area contributed by atoms with Gasteiger partial charge in [0.2, 0.25) is 5.76 Å². The maximum atomic E-state index is 12.1. The molecule has 1 rings (SSSR count). The number of carbonyl (C=O) groups excluding carboxylic acids is 2. The van der Waals surface area contributed by atoms with Crippen LogP contribution in [-0.2, 0) is 9.53 Å². The molecule has 1 amide bonds. The van der Waals surface area contributed by atoms with Crippen LogP contribution in [0.5, 0.6) is 0 Å². The Morgan fingerprint density at radius 1 is 1.33 bits per heavy atom. The number of likely N-dealkylation sites (N-methyl/N-ethyl adjacent to an activating group) is 1. The maximum absolute atomic E-state index is 12.1. The predicted octanol–water partition coefficient (Wildman–Crippen LogP) is 1.32. The first-order chi connectivity index (χ1) is 8.49. The Balaban J connectivity index is 2.79. The SMILES string of the molecule is CCOC(=O)CN(CC)C(=O)c1oc(C)nc1C. The first kappa shape index (κ1) is 14.2. The highest BCUT2D eigenvalue weighted by molar-refractivity contribution is 5.94. The average molecular weight is 254 g/mol. The molecule has 0 radical (unpaired) electrons. The Morgan fingerprint density at radius 2 is 2.00 bits per heavy atom. The molecule has 0 aromatic carbocycles. The van der Waals surface area contributed by atoms with Crippen molar-refractivity contribution < 1.29 is 18.7 Å². The van der Waals surface area contributed by atoms with Gasteiger partial charge in [0.1, 0.15) is 6.54 Å². The summed E-state index contributed by atoms with van der Waals surface area (Å²) in [6.45, 7) is 7.49. The molecule has 6 heteroatoms. The summed E-state index contributed by atoms with van der Waals surface area (Å²) in [6.07, 6.45) is 0. The van der Waals surface area contributed by atoms with Gasteiger partial charge >= 0.3 is 5.97 Å². The molecule has 100 valence electrons. The van der Waals surface area contributed by atoms with Gasteiger partial charge in [-0.05, 0) is 20.8 Å². The van der Waals surface area contributed by atoms with E-state index >= 15 is 0 Å². The average Bonchev–Trinajstić information content (AvgIpc) is 2.65. The number of hydrogen-bond donors (Lipinski definition) is 0.